The van der Waals surface area contributed by atoms with E-state index in [1.165, 1.54) is 15.4 Å². The molecule has 0 saturated heterocycles. The number of hydrogen-bond donors (Lipinski definition) is 0. The van der Waals surface area contributed by atoms with E-state index in [1.54, 1.807) is 16.2 Å². The maximum atomic E-state index is 13.0. The van der Waals surface area contributed by atoms with E-state index in [4.69, 9.17) is 0 Å². The molecule has 2 rings (SSSR count). The van der Waals surface area contributed by atoms with Gasteiger partial charge >= 0.3 is 0 Å². The first-order valence-corrected chi connectivity index (χ1v) is 11.8. The van der Waals surface area contributed by atoms with Crippen LogP contribution in [-0.4, -0.2) is 42.9 Å². The second-order valence-electron chi connectivity index (χ2n) is 6.70. The Balaban J connectivity index is 2.18. The van der Waals surface area contributed by atoms with Gasteiger partial charge in [0.1, 0.15) is 0 Å². The van der Waals surface area contributed by atoms with Gasteiger partial charge in [-0.15, -0.1) is 11.3 Å². The molecular formula is C20H28N2O3S2. The monoisotopic (exact) mass is 408 g/mol. The lowest BCUT2D eigenvalue weighted by molar-refractivity contribution is -0.132. The zero-order valence-corrected chi connectivity index (χ0v) is 17.9. The summed E-state index contributed by atoms with van der Waals surface area (Å²) in [6.07, 6.45) is 2.78. The number of amides is 1. The van der Waals surface area contributed by atoms with Crippen molar-refractivity contribution < 1.29 is 13.2 Å². The fraction of sp³-hybridized carbons (Fsp3) is 0.450. The Bertz CT molecular complexity index is 832. The van der Waals surface area contributed by atoms with Gasteiger partial charge in [0.2, 0.25) is 15.9 Å². The van der Waals surface area contributed by atoms with Crippen LogP contribution >= 0.6 is 11.3 Å². The van der Waals surface area contributed by atoms with Crippen LogP contribution in [0.2, 0.25) is 0 Å². The number of rotatable bonds is 10. The molecule has 27 heavy (non-hydrogen) atoms. The molecule has 0 radical (unpaired) electrons. The van der Waals surface area contributed by atoms with Crippen LogP contribution < -0.4 is 0 Å². The molecule has 0 saturated carbocycles. The van der Waals surface area contributed by atoms with Crippen molar-refractivity contribution in [2.75, 3.05) is 19.3 Å². The van der Waals surface area contributed by atoms with E-state index in [-0.39, 0.29) is 12.5 Å². The molecule has 2 aromatic rings. The smallest absolute Gasteiger partial charge is 0.238 e. The van der Waals surface area contributed by atoms with Gasteiger partial charge in [-0.3, -0.25) is 4.79 Å². The number of sulfonamides is 1. The summed E-state index contributed by atoms with van der Waals surface area (Å²) < 4.78 is 25.4. The number of benzene rings is 1. The van der Waals surface area contributed by atoms with Gasteiger partial charge < -0.3 is 4.90 Å². The van der Waals surface area contributed by atoms with Crippen molar-refractivity contribution in [3.63, 3.8) is 0 Å². The summed E-state index contributed by atoms with van der Waals surface area (Å²) in [7, 11) is -3.42. The Morgan fingerprint density at radius 1 is 1.07 bits per heavy atom. The summed E-state index contributed by atoms with van der Waals surface area (Å²) >= 11 is 1.66. The first-order chi connectivity index (χ1) is 12.8. The zero-order valence-electron chi connectivity index (χ0n) is 16.2. The zero-order chi connectivity index (χ0) is 19.9. The van der Waals surface area contributed by atoms with Crippen LogP contribution in [0.15, 0.2) is 42.5 Å². The molecule has 0 unspecified atom stereocenters. The van der Waals surface area contributed by atoms with Crippen LogP contribution in [-0.2, 0) is 27.9 Å². The molecule has 0 aliphatic rings. The molecule has 1 amide bonds. The molecule has 0 N–H and O–H groups in total. The molecule has 1 aromatic heterocycles. The largest absolute Gasteiger partial charge is 0.332 e. The Kier molecular flexibility index (Phi) is 8.01. The molecule has 0 spiro atoms. The fourth-order valence-electron chi connectivity index (χ4n) is 2.74. The molecule has 148 valence electrons. The standard InChI is InChI=1S/C20H28N2O3S2/c1-4-5-13-22(27(3,24)25)16-20(23)21(14-18-9-7-6-8-10-18)15-19-12-11-17(2)26-19/h6-12H,4-5,13-16H2,1-3H3. The van der Waals surface area contributed by atoms with E-state index in [0.29, 0.717) is 19.6 Å². The number of aryl methyl sites for hydroxylation is 1. The third-order valence-electron chi connectivity index (χ3n) is 4.25. The van der Waals surface area contributed by atoms with Gasteiger partial charge in [-0.25, -0.2) is 8.42 Å². The van der Waals surface area contributed by atoms with Crippen LogP contribution in [0, 0.1) is 6.92 Å². The first-order valence-electron chi connectivity index (χ1n) is 9.11. The molecule has 0 aliphatic heterocycles. The number of carbonyl (C=O) groups is 1. The van der Waals surface area contributed by atoms with E-state index in [2.05, 4.69) is 0 Å². The minimum atomic E-state index is -3.42. The quantitative estimate of drug-likeness (QED) is 0.603. The Hall–Kier alpha value is -1.70. The van der Waals surface area contributed by atoms with Crippen LogP contribution in [0.3, 0.4) is 0 Å². The maximum Gasteiger partial charge on any atom is 0.238 e. The van der Waals surface area contributed by atoms with Gasteiger partial charge in [-0.05, 0) is 31.0 Å². The summed E-state index contributed by atoms with van der Waals surface area (Å²) in [5.41, 5.74) is 1.03. The van der Waals surface area contributed by atoms with E-state index in [9.17, 15) is 13.2 Å². The van der Waals surface area contributed by atoms with Crippen LogP contribution in [0.4, 0.5) is 0 Å². The van der Waals surface area contributed by atoms with Gasteiger partial charge in [-0.1, -0.05) is 43.7 Å². The van der Waals surface area contributed by atoms with Crippen molar-refractivity contribution in [2.45, 2.75) is 39.8 Å². The minimum Gasteiger partial charge on any atom is -0.332 e. The first kappa shape index (κ1) is 21.6. The lowest BCUT2D eigenvalue weighted by Crippen LogP contribution is -2.42. The van der Waals surface area contributed by atoms with Gasteiger partial charge in [0, 0.05) is 22.8 Å². The van der Waals surface area contributed by atoms with Crippen molar-refractivity contribution in [2.24, 2.45) is 0 Å². The molecule has 0 bridgehead atoms. The third-order valence-corrected chi connectivity index (χ3v) is 6.49. The number of thiophene rings is 1. The molecular weight excluding hydrogens is 380 g/mol. The van der Waals surface area contributed by atoms with Gasteiger partial charge in [0.15, 0.2) is 0 Å². The van der Waals surface area contributed by atoms with Gasteiger partial charge in [0.05, 0.1) is 19.3 Å². The highest BCUT2D eigenvalue weighted by atomic mass is 32.2. The van der Waals surface area contributed by atoms with E-state index >= 15 is 0 Å². The highest BCUT2D eigenvalue weighted by molar-refractivity contribution is 7.88. The SMILES string of the molecule is CCCCN(CC(=O)N(Cc1ccccc1)Cc1ccc(C)s1)S(C)(=O)=O. The Morgan fingerprint density at radius 2 is 1.78 bits per heavy atom. The summed E-state index contributed by atoms with van der Waals surface area (Å²) in [5, 5.41) is 0. The maximum absolute atomic E-state index is 13.0. The molecule has 5 nitrogen and oxygen atoms in total. The van der Waals surface area contributed by atoms with Crippen LogP contribution in [0.5, 0.6) is 0 Å². The van der Waals surface area contributed by atoms with Crippen LogP contribution in [0.1, 0.15) is 35.1 Å². The molecule has 1 heterocycles. The second kappa shape index (κ2) is 10.0. The molecule has 1 aromatic carbocycles. The lowest BCUT2D eigenvalue weighted by atomic mass is 10.2. The number of unbranched alkanes of at least 4 members (excludes halogenated alkanes) is 1. The average molecular weight is 409 g/mol. The van der Waals surface area contributed by atoms with Crippen molar-refractivity contribution >= 4 is 27.3 Å². The molecule has 0 aliphatic carbocycles. The lowest BCUT2D eigenvalue weighted by Gasteiger charge is -2.26. The Labute approximate surface area is 166 Å². The van der Waals surface area contributed by atoms with Crippen molar-refractivity contribution in [3.8, 4) is 0 Å². The van der Waals surface area contributed by atoms with Crippen molar-refractivity contribution in [3.05, 3.63) is 57.8 Å². The predicted octanol–water partition coefficient (Wildman–Crippen LogP) is 3.65. The van der Waals surface area contributed by atoms with E-state index in [0.717, 1.165) is 23.3 Å². The summed E-state index contributed by atoms with van der Waals surface area (Å²) in [4.78, 5) is 17.0. The fourth-order valence-corrected chi connectivity index (χ4v) is 4.45. The number of hydrogen-bond acceptors (Lipinski definition) is 4. The molecule has 0 fully saturated rings. The van der Waals surface area contributed by atoms with Gasteiger partial charge in [0.25, 0.3) is 0 Å². The summed E-state index contributed by atoms with van der Waals surface area (Å²) in [5.74, 6) is -0.175. The summed E-state index contributed by atoms with van der Waals surface area (Å²) in [6, 6.07) is 13.8. The van der Waals surface area contributed by atoms with E-state index < -0.39 is 10.0 Å². The highest BCUT2D eigenvalue weighted by Gasteiger charge is 2.23. The average Bonchev–Trinajstić information content (AvgIpc) is 3.02. The topological polar surface area (TPSA) is 57.7 Å². The Morgan fingerprint density at radius 3 is 2.33 bits per heavy atom. The normalized spacial score (nSPS) is 11.7. The molecule has 7 heteroatoms. The minimum absolute atomic E-state index is 0.115. The third kappa shape index (κ3) is 7.08. The highest BCUT2D eigenvalue weighted by Crippen LogP contribution is 2.19. The number of carbonyl (C=O) groups excluding carboxylic acids is 1. The molecule has 0 atom stereocenters. The van der Waals surface area contributed by atoms with Crippen molar-refractivity contribution in [1.29, 1.82) is 0 Å². The second-order valence-corrected chi connectivity index (χ2v) is 10.1. The predicted molar refractivity (Wildman–Crippen MR) is 111 cm³/mol. The summed E-state index contributed by atoms with van der Waals surface area (Å²) in [6.45, 7) is 5.24. The number of nitrogens with zero attached hydrogens (tertiary/aromatic N) is 2. The van der Waals surface area contributed by atoms with Crippen LogP contribution in [0.25, 0.3) is 0 Å². The van der Waals surface area contributed by atoms with Crippen molar-refractivity contribution in [1.82, 2.24) is 9.21 Å². The van der Waals surface area contributed by atoms with Gasteiger partial charge in [-0.2, -0.15) is 4.31 Å². The van der Waals surface area contributed by atoms with E-state index in [1.807, 2.05) is 56.3 Å².